The van der Waals surface area contributed by atoms with Crippen molar-refractivity contribution in [1.29, 1.82) is 0 Å². The molecule has 0 fully saturated rings. The lowest BCUT2D eigenvalue weighted by Crippen LogP contribution is -2.01. The zero-order valence-electron chi connectivity index (χ0n) is 21.6. The molecule has 0 saturated heterocycles. The first-order chi connectivity index (χ1) is 17.6. The second-order valence-corrected chi connectivity index (χ2v) is 9.05. The molecule has 194 valence electrons. The van der Waals surface area contributed by atoms with E-state index < -0.39 is 5.82 Å². The molecule has 36 heavy (non-hydrogen) atoms. The predicted molar refractivity (Wildman–Crippen MR) is 144 cm³/mol. The number of phenols is 1. The molecule has 4 nitrogen and oxygen atoms in total. The fraction of sp³-hybridized carbons (Fsp3) is 0.419. The summed E-state index contributed by atoms with van der Waals surface area (Å²) in [4.78, 5) is 0. The zero-order valence-corrected chi connectivity index (χ0v) is 21.6. The van der Waals surface area contributed by atoms with Gasteiger partial charge in [0, 0.05) is 11.6 Å². The highest BCUT2D eigenvalue weighted by atomic mass is 19.1. The van der Waals surface area contributed by atoms with Gasteiger partial charge in [0.2, 0.25) is 0 Å². The highest BCUT2D eigenvalue weighted by Crippen LogP contribution is 2.41. The average molecular weight is 495 g/mol. The van der Waals surface area contributed by atoms with Crippen molar-refractivity contribution in [1.82, 2.24) is 0 Å². The minimum absolute atomic E-state index is 0.0134. The van der Waals surface area contributed by atoms with Crippen LogP contribution >= 0.6 is 0 Å². The third kappa shape index (κ3) is 8.47. The maximum Gasteiger partial charge on any atom is 0.165 e. The Bertz CT molecular complexity index is 1050. The third-order valence-electron chi connectivity index (χ3n) is 6.05. The fourth-order valence-electron chi connectivity index (χ4n) is 3.92. The summed E-state index contributed by atoms with van der Waals surface area (Å²) in [6.45, 7) is 5.61. The largest absolute Gasteiger partial charge is 0.504 e. The van der Waals surface area contributed by atoms with Crippen LogP contribution in [0.15, 0.2) is 60.7 Å². The van der Waals surface area contributed by atoms with Crippen LogP contribution < -0.4 is 14.2 Å². The Balaban J connectivity index is 1.74. The van der Waals surface area contributed by atoms with Crippen LogP contribution in [0.3, 0.4) is 0 Å². The molecule has 3 aromatic carbocycles. The van der Waals surface area contributed by atoms with E-state index >= 15 is 0 Å². The summed E-state index contributed by atoms with van der Waals surface area (Å²) in [7, 11) is 0. The second-order valence-electron chi connectivity index (χ2n) is 9.05. The molecule has 0 aliphatic carbocycles. The van der Waals surface area contributed by atoms with Gasteiger partial charge in [-0.1, -0.05) is 88.8 Å². The Hall–Kier alpha value is -3.21. The Morgan fingerprint density at radius 3 is 2.11 bits per heavy atom. The molecule has 3 rings (SSSR count). The number of halogens is 1. The van der Waals surface area contributed by atoms with Crippen LogP contribution in [0.5, 0.6) is 23.0 Å². The third-order valence-corrected chi connectivity index (χ3v) is 6.05. The lowest BCUT2D eigenvalue weighted by molar-refractivity contribution is 0.283. The van der Waals surface area contributed by atoms with Gasteiger partial charge in [-0.15, -0.1) is 0 Å². The van der Waals surface area contributed by atoms with Crippen LogP contribution in [0.1, 0.15) is 70.8 Å². The molecule has 0 amide bonds. The summed E-state index contributed by atoms with van der Waals surface area (Å²) in [5.41, 5.74) is 2.28. The van der Waals surface area contributed by atoms with Crippen molar-refractivity contribution in [2.45, 2.75) is 71.8 Å². The molecule has 0 heterocycles. The normalized spacial score (nSPS) is 10.9. The van der Waals surface area contributed by atoms with Crippen LogP contribution in [-0.2, 0) is 6.61 Å². The molecule has 0 spiro atoms. The number of hydrogen-bond donors (Lipinski definition) is 1. The summed E-state index contributed by atoms with van der Waals surface area (Å²) >= 11 is 0. The highest BCUT2D eigenvalue weighted by molar-refractivity contribution is 5.74. The maximum atomic E-state index is 15.0. The molecule has 3 aromatic rings. The molecule has 0 radical (unpaired) electrons. The van der Waals surface area contributed by atoms with E-state index in [1.54, 1.807) is 18.2 Å². The van der Waals surface area contributed by atoms with E-state index in [-0.39, 0.29) is 11.5 Å². The second kappa shape index (κ2) is 15.0. The summed E-state index contributed by atoms with van der Waals surface area (Å²) in [6.07, 6.45) is 8.79. The number of hydrogen-bond acceptors (Lipinski definition) is 4. The molecule has 1 N–H and O–H groups in total. The molecule has 0 unspecified atom stereocenters. The molecule has 0 aliphatic rings. The van der Waals surface area contributed by atoms with Gasteiger partial charge < -0.3 is 19.3 Å². The monoisotopic (exact) mass is 494 g/mol. The average Bonchev–Trinajstić information content (AvgIpc) is 2.89. The smallest absolute Gasteiger partial charge is 0.165 e. The standard InChI is InChI=1S/C31H39FO4/c1-3-5-7-8-9-13-19-34-29-17-16-25(20-27(29)32)26-21-31(36-23-24-14-11-10-12-15-24)28(33)22-30(26)35-18-6-4-2/h10-12,14-17,20-22,33H,3-9,13,18-19,23H2,1-2H3. The highest BCUT2D eigenvalue weighted by Gasteiger charge is 2.16. The van der Waals surface area contributed by atoms with E-state index in [1.165, 1.54) is 31.7 Å². The van der Waals surface area contributed by atoms with Crippen molar-refractivity contribution < 1.29 is 23.7 Å². The molecular weight excluding hydrogens is 455 g/mol. The first-order valence-electron chi connectivity index (χ1n) is 13.2. The van der Waals surface area contributed by atoms with Gasteiger partial charge in [0.15, 0.2) is 23.1 Å². The minimum atomic E-state index is -0.419. The van der Waals surface area contributed by atoms with E-state index in [1.807, 2.05) is 36.4 Å². The Labute approximate surface area is 215 Å². The van der Waals surface area contributed by atoms with Gasteiger partial charge in [0.05, 0.1) is 13.2 Å². The van der Waals surface area contributed by atoms with Crippen molar-refractivity contribution >= 4 is 0 Å². The zero-order chi connectivity index (χ0) is 25.6. The lowest BCUT2D eigenvalue weighted by atomic mass is 10.0. The van der Waals surface area contributed by atoms with Gasteiger partial charge in [-0.25, -0.2) is 4.39 Å². The van der Waals surface area contributed by atoms with Crippen molar-refractivity contribution in [3.8, 4) is 34.1 Å². The molecule has 0 bridgehead atoms. The topological polar surface area (TPSA) is 47.9 Å². The fourth-order valence-corrected chi connectivity index (χ4v) is 3.92. The number of rotatable bonds is 16. The number of ether oxygens (including phenoxy) is 3. The SMILES string of the molecule is CCCCCCCCOc1ccc(-c2cc(OCc3ccccc3)c(O)cc2OCCCC)cc1F. The van der Waals surface area contributed by atoms with Gasteiger partial charge in [-0.3, -0.25) is 0 Å². The number of phenolic OH excluding ortho intramolecular Hbond substituents is 1. The van der Waals surface area contributed by atoms with Crippen molar-refractivity contribution in [3.05, 3.63) is 72.0 Å². The van der Waals surface area contributed by atoms with Crippen molar-refractivity contribution in [2.75, 3.05) is 13.2 Å². The van der Waals surface area contributed by atoms with Crippen LogP contribution in [-0.4, -0.2) is 18.3 Å². The van der Waals surface area contributed by atoms with Gasteiger partial charge in [-0.2, -0.15) is 0 Å². The molecule has 0 saturated carbocycles. The van der Waals surface area contributed by atoms with Crippen LogP contribution in [0.4, 0.5) is 4.39 Å². The molecular formula is C31H39FO4. The predicted octanol–water partition coefficient (Wildman–Crippen LogP) is 8.70. The Kier molecular flexibility index (Phi) is 11.4. The van der Waals surface area contributed by atoms with E-state index in [9.17, 15) is 9.50 Å². The maximum absolute atomic E-state index is 15.0. The first-order valence-corrected chi connectivity index (χ1v) is 13.2. The molecule has 0 aromatic heterocycles. The van der Waals surface area contributed by atoms with Crippen LogP contribution in [0.25, 0.3) is 11.1 Å². The minimum Gasteiger partial charge on any atom is -0.504 e. The lowest BCUT2D eigenvalue weighted by Gasteiger charge is -2.16. The van der Waals surface area contributed by atoms with Crippen molar-refractivity contribution in [2.24, 2.45) is 0 Å². The summed E-state index contributed by atoms with van der Waals surface area (Å²) < 4.78 is 32.5. The van der Waals surface area contributed by atoms with Gasteiger partial charge in [-0.05, 0) is 42.2 Å². The Morgan fingerprint density at radius 2 is 1.36 bits per heavy atom. The van der Waals surface area contributed by atoms with E-state index in [4.69, 9.17) is 14.2 Å². The number of benzene rings is 3. The van der Waals surface area contributed by atoms with Crippen LogP contribution in [0.2, 0.25) is 0 Å². The number of unbranched alkanes of at least 4 members (excludes halogenated alkanes) is 6. The molecule has 0 atom stereocenters. The van der Waals surface area contributed by atoms with Gasteiger partial charge >= 0.3 is 0 Å². The first kappa shape index (κ1) is 27.4. The summed E-state index contributed by atoms with van der Waals surface area (Å²) in [6, 6.07) is 17.9. The van der Waals surface area contributed by atoms with E-state index in [0.717, 1.165) is 31.2 Å². The van der Waals surface area contributed by atoms with Crippen molar-refractivity contribution in [3.63, 3.8) is 0 Å². The summed E-state index contributed by atoms with van der Waals surface area (Å²) in [5, 5.41) is 10.6. The van der Waals surface area contributed by atoms with Crippen LogP contribution in [0, 0.1) is 5.82 Å². The quantitative estimate of drug-likeness (QED) is 0.202. The van der Waals surface area contributed by atoms with E-state index in [2.05, 4.69) is 13.8 Å². The Morgan fingerprint density at radius 1 is 0.667 bits per heavy atom. The van der Waals surface area contributed by atoms with Gasteiger partial charge in [0.25, 0.3) is 0 Å². The molecule has 0 aliphatic heterocycles. The van der Waals surface area contributed by atoms with E-state index in [0.29, 0.717) is 42.4 Å². The number of aromatic hydroxyl groups is 1. The molecule has 5 heteroatoms. The van der Waals surface area contributed by atoms with Gasteiger partial charge in [0.1, 0.15) is 12.4 Å². The summed E-state index contributed by atoms with van der Waals surface area (Å²) in [5.74, 6) is 0.632.